The first-order valence-corrected chi connectivity index (χ1v) is 9.06. The molecule has 116 valence electrons. The number of hydrogen-bond acceptors (Lipinski definition) is 6. The molecule has 0 saturated carbocycles. The van der Waals surface area contributed by atoms with E-state index in [4.69, 9.17) is 4.52 Å². The number of hydrogen-bond donors (Lipinski definition) is 0. The second-order valence-electron chi connectivity index (χ2n) is 5.88. The number of aromatic nitrogens is 2. The molecular weight excluding hydrogens is 294 g/mol. The molecule has 0 aromatic carbocycles. The van der Waals surface area contributed by atoms with Crippen molar-refractivity contribution in [2.24, 2.45) is 5.92 Å². The summed E-state index contributed by atoms with van der Waals surface area (Å²) >= 11 is 0. The Morgan fingerprint density at radius 2 is 2.00 bits per heavy atom. The molecule has 0 N–H and O–H groups in total. The molecular formula is C13H19N3O4S. The number of likely N-dealkylation sites (tertiary alicyclic amines) is 1. The van der Waals surface area contributed by atoms with Crippen LogP contribution in [-0.2, 0) is 14.6 Å². The van der Waals surface area contributed by atoms with Gasteiger partial charge in [0, 0.05) is 19.0 Å². The summed E-state index contributed by atoms with van der Waals surface area (Å²) in [6, 6.07) is 0. The number of amides is 1. The molecule has 1 aromatic rings. The van der Waals surface area contributed by atoms with Gasteiger partial charge in [0.25, 0.3) is 0 Å². The summed E-state index contributed by atoms with van der Waals surface area (Å²) in [5, 5.41) is 3.79. The summed E-state index contributed by atoms with van der Waals surface area (Å²) in [4.78, 5) is 18.4. The lowest BCUT2D eigenvalue weighted by molar-refractivity contribution is -0.135. The van der Waals surface area contributed by atoms with Crippen molar-refractivity contribution in [1.82, 2.24) is 15.0 Å². The van der Waals surface area contributed by atoms with Crippen LogP contribution in [0.3, 0.4) is 0 Å². The lowest BCUT2D eigenvalue weighted by Crippen LogP contribution is -2.41. The average molecular weight is 313 g/mol. The first-order chi connectivity index (χ1) is 9.94. The number of aryl methyl sites for hydroxylation is 1. The third-order valence-electron chi connectivity index (χ3n) is 4.28. The highest BCUT2D eigenvalue weighted by Gasteiger charge is 2.37. The van der Waals surface area contributed by atoms with Gasteiger partial charge in [-0.05, 0) is 26.2 Å². The molecule has 1 aromatic heterocycles. The van der Waals surface area contributed by atoms with Gasteiger partial charge in [-0.15, -0.1) is 0 Å². The van der Waals surface area contributed by atoms with E-state index in [-0.39, 0.29) is 29.2 Å². The van der Waals surface area contributed by atoms with E-state index in [0.29, 0.717) is 31.2 Å². The molecule has 0 unspecified atom stereocenters. The highest BCUT2D eigenvalue weighted by atomic mass is 32.2. The molecule has 3 rings (SSSR count). The van der Waals surface area contributed by atoms with Crippen molar-refractivity contribution in [2.45, 2.75) is 32.1 Å². The van der Waals surface area contributed by atoms with Crippen molar-refractivity contribution in [3.05, 3.63) is 11.7 Å². The molecule has 0 aliphatic carbocycles. The predicted octanol–water partition coefficient (Wildman–Crippen LogP) is 0.519. The van der Waals surface area contributed by atoms with E-state index in [0.717, 1.165) is 12.8 Å². The first kappa shape index (κ1) is 14.5. The van der Waals surface area contributed by atoms with Crippen LogP contribution in [-0.4, -0.2) is 54.0 Å². The summed E-state index contributed by atoms with van der Waals surface area (Å²) in [6.07, 6.45) is 2.03. The maximum Gasteiger partial charge on any atom is 0.229 e. The third kappa shape index (κ3) is 3.09. The normalized spacial score (nSPS) is 26.1. The Kier molecular flexibility index (Phi) is 3.73. The molecule has 21 heavy (non-hydrogen) atoms. The molecule has 0 bridgehead atoms. The Morgan fingerprint density at radius 1 is 1.29 bits per heavy atom. The number of carbonyl (C=O) groups excluding carboxylic acids is 1. The number of nitrogens with zero attached hydrogens (tertiary/aromatic N) is 3. The average Bonchev–Trinajstić information content (AvgIpc) is 3.04. The minimum Gasteiger partial charge on any atom is -0.342 e. The Labute approximate surface area is 123 Å². The fourth-order valence-corrected chi connectivity index (χ4v) is 4.81. The highest BCUT2D eigenvalue weighted by molar-refractivity contribution is 7.91. The maximum atomic E-state index is 12.3. The van der Waals surface area contributed by atoms with Crippen LogP contribution in [0.4, 0.5) is 0 Å². The van der Waals surface area contributed by atoms with Gasteiger partial charge in [-0.2, -0.15) is 4.98 Å². The minimum atomic E-state index is -3.01. The van der Waals surface area contributed by atoms with Gasteiger partial charge in [-0.1, -0.05) is 5.16 Å². The highest BCUT2D eigenvalue weighted by Crippen LogP contribution is 2.29. The fraction of sp³-hybridized carbons (Fsp3) is 0.769. The van der Waals surface area contributed by atoms with Crippen LogP contribution >= 0.6 is 0 Å². The smallest absolute Gasteiger partial charge is 0.229 e. The molecule has 3 heterocycles. The van der Waals surface area contributed by atoms with Crippen molar-refractivity contribution < 1.29 is 17.7 Å². The van der Waals surface area contributed by atoms with Crippen LogP contribution in [0.1, 0.15) is 36.9 Å². The van der Waals surface area contributed by atoms with Crippen molar-refractivity contribution in [3.63, 3.8) is 0 Å². The number of piperidine rings is 1. The Balaban J connectivity index is 1.57. The van der Waals surface area contributed by atoms with Gasteiger partial charge in [0.2, 0.25) is 11.8 Å². The van der Waals surface area contributed by atoms with E-state index >= 15 is 0 Å². The second kappa shape index (κ2) is 5.40. The Hall–Kier alpha value is -1.44. The van der Waals surface area contributed by atoms with Crippen LogP contribution in [0.5, 0.6) is 0 Å². The molecule has 2 aliphatic rings. The number of carbonyl (C=O) groups is 1. The van der Waals surface area contributed by atoms with E-state index in [1.54, 1.807) is 11.8 Å². The topological polar surface area (TPSA) is 93.4 Å². The summed E-state index contributed by atoms with van der Waals surface area (Å²) < 4.78 is 28.1. The predicted molar refractivity (Wildman–Crippen MR) is 74.4 cm³/mol. The monoisotopic (exact) mass is 313 g/mol. The standard InChI is InChI=1S/C13H19N3O4S/c1-9-14-12(20-15-9)10-2-5-16(6-3-10)13(17)11-4-7-21(18,19)8-11/h10-11H,2-8H2,1H3/t11-/m0/s1. The Morgan fingerprint density at radius 3 is 2.52 bits per heavy atom. The number of rotatable bonds is 2. The van der Waals surface area contributed by atoms with E-state index in [1.807, 2.05) is 0 Å². The van der Waals surface area contributed by atoms with Crippen molar-refractivity contribution in [1.29, 1.82) is 0 Å². The SMILES string of the molecule is Cc1noc(C2CCN(C(=O)[C@H]3CCS(=O)(=O)C3)CC2)n1. The van der Waals surface area contributed by atoms with Gasteiger partial charge in [0.05, 0.1) is 17.4 Å². The van der Waals surface area contributed by atoms with Gasteiger partial charge in [0.1, 0.15) is 0 Å². The second-order valence-corrected chi connectivity index (χ2v) is 8.11. The van der Waals surface area contributed by atoms with Gasteiger partial charge in [-0.3, -0.25) is 4.79 Å². The fourth-order valence-electron chi connectivity index (χ4n) is 3.07. The zero-order chi connectivity index (χ0) is 15.0. The summed E-state index contributed by atoms with van der Waals surface area (Å²) in [7, 11) is -3.01. The maximum absolute atomic E-state index is 12.3. The van der Waals surface area contributed by atoms with Crippen LogP contribution < -0.4 is 0 Å². The van der Waals surface area contributed by atoms with Crippen LogP contribution in [0.15, 0.2) is 4.52 Å². The third-order valence-corrected chi connectivity index (χ3v) is 6.05. The number of sulfone groups is 1. The molecule has 0 spiro atoms. The van der Waals surface area contributed by atoms with Gasteiger partial charge in [0.15, 0.2) is 15.7 Å². The first-order valence-electron chi connectivity index (χ1n) is 7.24. The van der Waals surface area contributed by atoms with Crippen LogP contribution in [0.2, 0.25) is 0 Å². The van der Waals surface area contributed by atoms with Gasteiger partial charge >= 0.3 is 0 Å². The molecule has 8 heteroatoms. The van der Waals surface area contributed by atoms with E-state index < -0.39 is 9.84 Å². The zero-order valence-corrected chi connectivity index (χ0v) is 12.8. The van der Waals surface area contributed by atoms with E-state index in [1.165, 1.54) is 0 Å². The molecule has 2 saturated heterocycles. The van der Waals surface area contributed by atoms with E-state index in [2.05, 4.69) is 10.1 Å². The largest absolute Gasteiger partial charge is 0.342 e. The quantitative estimate of drug-likeness (QED) is 0.790. The zero-order valence-electron chi connectivity index (χ0n) is 12.0. The lowest BCUT2D eigenvalue weighted by atomic mass is 9.95. The van der Waals surface area contributed by atoms with Gasteiger partial charge in [-0.25, -0.2) is 8.42 Å². The van der Waals surface area contributed by atoms with Crippen LogP contribution in [0.25, 0.3) is 0 Å². The molecule has 2 aliphatic heterocycles. The van der Waals surface area contributed by atoms with Crippen molar-refractivity contribution >= 4 is 15.7 Å². The summed E-state index contributed by atoms with van der Waals surface area (Å²) in [5.41, 5.74) is 0. The van der Waals surface area contributed by atoms with E-state index in [9.17, 15) is 13.2 Å². The van der Waals surface area contributed by atoms with Crippen molar-refractivity contribution in [3.8, 4) is 0 Å². The summed E-state index contributed by atoms with van der Waals surface area (Å²) in [6.45, 7) is 3.04. The molecule has 0 radical (unpaired) electrons. The lowest BCUT2D eigenvalue weighted by Gasteiger charge is -2.32. The van der Waals surface area contributed by atoms with Crippen LogP contribution in [0, 0.1) is 12.8 Å². The minimum absolute atomic E-state index is 0.00855. The molecule has 7 nitrogen and oxygen atoms in total. The molecule has 1 atom stereocenters. The van der Waals surface area contributed by atoms with Crippen molar-refractivity contribution in [2.75, 3.05) is 24.6 Å². The Bertz CT molecular complexity index is 632. The molecule has 1 amide bonds. The van der Waals surface area contributed by atoms with Gasteiger partial charge < -0.3 is 9.42 Å². The molecule has 2 fully saturated rings. The summed E-state index contributed by atoms with van der Waals surface area (Å²) in [5.74, 6) is 1.24.